The topological polar surface area (TPSA) is 58.1 Å². The zero-order chi connectivity index (χ0) is 17.3. The quantitative estimate of drug-likeness (QED) is 0.906. The number of hydrogen-bond acceptors (Lipinski definition) is 4. The summed E-state index contributed by atoms with van der Waals surface area (Å²) >= 11 is 0. The summed E-state index contributed by atoms with van der Waals surface area (Å²) in [7, 11) is 0. The number of halogens is 3. The number of nitrogens with zero attached hydrogens (tertiary/aromatic N) is 3. The van der Waals surface area contributed by atoms with Gasteiger partial charge >= 0.3 is 6.18 Å². The molecule has 1 aromatic rings. The second kappa shape index (κ2) is 6.33. The number of rotatable bonds is 2. The van der Waals surface area contributed by atoms with Crippen LogP contribution in [0.5, 0.6) is 0 Å². The second-order valence-corrected chi connectivity index (χ2v) is 6.68. The fraction of sp³-hybridized carbons (Fsp3) is 0.667. The first-order valence-electron chi connectivity index (χ1n) is 7.57. The van der Waals surface area contributed by atoms with Crippen LogP contribution in [0.25, 0.3) is 0 Å². The van der Waals surface area contributed by atoms with Crippen LogP contribution in [0.1, 0.15) is 45.7 Å². The minimum atomic E-state index is -4.53. The molecule has 0 bridgehead atoms. The molecule has 1 N–H and O–H groups in total. The highest BCUT2D eigenvalue weighted by Crippen LogP contribution is 2.29. The van der Waals surface area contributed by atoms with Crippen molar-refractivity contribution in [2.24, 2.45) is 0 Å². The van der Waals surface area contributed by atoms with E-state index in [0.29, 0.717) is 13.0 Å². The van der Waals surface area contributed by atoms with Gasteiger partial charge in [0, 0.05) is 18.3 Å². The molecule has 0 saturated carbocycles. The predicted octanol–water partition coefficient (Wildman–Crippen LogP) is 2.77. The standard InChI is InChI=1S/C15H21F3N4O/c1-14(2,3)21-12(23)10-6-4-5-9-22(10)13-19-8-7-11(20-13)15(16,17)18/h7-8,10H,4-6,9H2,1-3H3,(H,21,23)/t10-/m0/s1. The van der Waals surface area contributed by atoms with Crippen LogP contribution in [0, 0.1) is 0 Å². The molecule has 0 radical (unpaired) electrons. The number of carbonyl (C=O) groups excluding carboxylic acids is 1. The van der Waals surface area contributed by atoms with Gasteiger partial charge in [-0.15, -0.1) is 0 Å². The van der Waals surface area contributed by atoms with Crippen molar-refractivity contribution in [1.82, 2.24) is 15.3 Å². The highest BCUT2D eigenvalue weighted by molar-refractivity contribution is 5.85. The van der Waals surface area contributed by atoms with Gasteiger partial charge in [-0.1, -0.05) is 0 Å². The summed E-state index contributed by atoms with van der Waals surface area (Å²) in [4.78, 5) is 21.6. The number of amides is 1. The predicted molar refractivity (Wildman–Crippen MR) is 79.9 cm³/mol. The fourth-order valence-electron chi connectivity index (χ4n) is 2.54. The van der Waals surface area contributed by atoms with Crippen LogP contribution >= 0.6 is 0 Å². The monoisotopic (exact) mass is 330 g/mol. The Hall–Kier alpha value is -1.86. The number of nitrogens with one attached hydrogen (secondary N) is 1. The van der Waals surface area contributed by atoms with Crippen LogP contribution in [-0.4, -0.2) is 34.0 Å². The smallest absolute Gasteiger partial charge is 0.350 e. The fourth-order valence-corrected chi connectivity index (χ4v) is 2.54. The van der Waals surface area contributed by atoms with Crippen LogP contribution in [0.2, 0.25) is 0 Å². The first kappa shape index (κ1) is 17.5. The number of aromatic nitrogens is 2. The average Bonchev–Trinajstić information content (AvgIpc) is 2.45. The summed E-state index contributed by atoms with van der Waals surface area (Å²) in [6.07, 6.45) is -1.24. The Bertz CT molecular complexity index is 569. The Kier molecular flexibility index (Phi) is 4.81. The molecular weight excluding hydrogens is 309 g/mol. The minimum absolute atomic E-state index is 0.0476. The van der Waals surface area contributed by atoms with E-state index in [4.69, 9.17) is 0 Å². The lowest BCUT2D eigenvalue weighted by atomic mass is 10.00. The highest BCUT2D eigenvalue weighted by Gasteiger charge is 2.36. The van der Waals surface area contributed by atoms with E-state index in [-0.39, 0.29) is 11.9 Å². The minimum Gasteiger partial charge on any atom is -0.350 e. The van der Waals surface area contributed by atoms with Crippen LogP contribution in [-0.2, 0) is 11.0 Å². The van der Waals surface area contributed by atoms with Gasteiger partial charge in [0.2, 0.25) is 11.9 Å². The lowest BCUT2D eigenvalue weighted by molar-refractivity contribution is -0.141. The largest absolute Gasteiger partial charge is 0.433 e. The van der Waals surface area contributed by atoms with Crippen molar-refractivity contribution in [1.29, 1.82) is 0 Å². The molecule has 2 heterocycles. The summed E-state index contributed by atoms with van der Waals surface area (Å²) in [5.74, 6) is -0.258. The van der Waals surface area contributed by atoms with Crippen molar-refractivity contribution in [3.63, 3.8) is 0 Å². The first-order chi connectivity index (χ1) is 10.6. The molecular formula is C15H21F3N4O. The van der Waals surface area contributed by atoms with E-state index in [1.165, 1.54) is 0 Å². The van der Waals surface area contributed by atoms with Crippen molar-refractivity contribution in [2.75, 3.05) is 11.4 Å². The SMILES string of the molecule is CC(C)(C)NC(=O)[C@@H]1CCCCN1c1nccc(C(F)(F)F)n1. The molecule has 1 aliphatic heterocycles. The Balaban J connectivity index is 2.26. The Morgan fingerprint density at radius 3 is 2.61 bits per heavy atom. The molecule has 5 nitrogen and oxygen atoms in total. The van der Waals surface area contributed by atoms with E-state index >= 15 is 0 Å². The lowest BCUT2D eigenvalue weighted by Crippen LogP contribution is -2.54. The third-order valence-corrected chi connectivity index (χ3v) is 3.49. The molecule has 1 atom stereocenters. The zero-order valence-electron chi connectivity index (χ0n) is 13.4. The van der Waals surface area contributed by atoms with Gasteiger partial charge in [0.1, 0.15) is 11.7 Å². The van der Waals surface area contributed by atoms with E-state index < -0.39 is 23.5 Å². The van der Waals surface area contributed by atoms with Gasteiger partial charge in [0.15, 0.2) is 0 Å². The van der Waals surface area contributed by atoms with Gasteiger partial charge in [0.05, 0.1) is 0 Å². The maximum Gasteiger partial charge on any atom is 0.433 e. The molecule has 1 aromatic heterocycles. The van der Waals surface area contributed by atoms with E-state index in [0.717, 1.165) is 25.1 Å². The number of alkyl halides is 3. The summed E-state index contributed by atoms with van der Waals surface area (Å²) in [6, 6.07) is 0.281. The Labute approximate surface area is 133 Å². The van der Waals surface area contributed by atoms with Gasteiger partial charge < -0.3 is 10.2 Å². The summed E-state index contributed by atoms with van der Waals surface area (Å²) in [5.41, 5.74) is -1.41. The molecule has 1 saturated heterocycles. The zero-order valence-corrected chi connectivity index (χ0v) is 13.4. The maximum atomic E-state index is 12.8. The van der Waals surface area contributed by atoms with Gasteiger partial charge in [-0.05, 0) is 46.1 Å². The Morgan fingerprint density at radius 2 is 2.00 bits per heavy atom. The molecule has 8 heteroatoms. The average molecular weight is 330 g/mol. The van der Waals surface area contributed by atoms with Crippen molar-refractivity contribution in [3.8, 4) is 0 Å². The summed E-state index contributed by atoms with van der Waals surface area (Å²) < 4.78 is 38.5. The van der Waals surface area contributed by atoms with Crippen LogP contribution in [0.3, 0.4) is 0 Å². The van der Waals surface area contributed by atoms with E-state index in [2.05, 4.69) is 15.3 Å². The van der Waals surface area contributed by atoms with Crippen LogP contribution in [0.4, 0.5) is 19.1 Å². The molecule has 0 aliphatic carbocycles. The number of carbonyl (C=O) groups is 1. The maximum absolute atomic E-state index is 12.8. The van der Waals surface area contributed by atoms with Crippen molar-refractivity contribution in [3.05, 3.63) is 18.0 Å². The van der Waals surface area contributed by atoms with Gasteiger partial charge in [-0.2, -0.15) is 13.2 Å². The van der Waals surface area contributed by atoms with Gasteiger partial charge in [-0.3, -0.25) is 4.79 Å². The number of hydrogen-bond donors (Lipinski definition) is 1. The molecule has 0 spiro atoms. The molecule has 0 unspecified atom stereocenters. The molecule has 23 heavy (non-hydrogen) atoms. The molecule has 0 aromatic carbocycles. The highest BCUT2D eigenvalue weighted by atomic mass is 19.4. The van der Waals surface area contributed by atoms with Crippen molar-refractivity contribution >= 4 is 11.9 Å². The van der Waals surface area contributed by atoms with Gasteiger partial charge in [-0.25, -0.2) is 9.97 Å². The first-order valence-corrected chi connectivity index (χ1v) is 7.57. The number of piperidine rings is 1. The summed E-state index contributed by atoms with van der Waals surface area (Å²) in [6.45, 7) is 6.04. The lowest BCUT2D eigenvalue weighted by Gasteiger charge is -2.36. The van der Waals surface area contributed by atoms with E-state index in [9.17, 15) is 18.0 Å². The van der Waals surface area contributed by atoms with E-state index in [1.54, 1.807) is 4.90 Å². The summed E-state index contributed by atoms with van der Waals surface area (Å²) in [5, 5.41) is 2.88. The Morgan fingerprint density at radius 1 is 1.30 bits per heavy atom. The third-order valence-electron chi connectivity index (χ3n) is 3.49. The molecule has 1 fully saturated rings. The molecule has 1 amide bonds. The molecule has 2 rings (SSSR count). The second-order valence-electron chi connectivity index (χ2n) is 6.68. The number of anilines is 1. The van der Waals surface area contributed by atoms with Crippen molar-refractivity contribution < 1.29 is 18.0 Å². The molecule has 1 aliphatic rings. The normalized spacial score (nSPS) is 19.6. The van der Waals surface area contributed by atoms with Crippen LogP contribution in [0.15, 0.2) is 12.3 Å². The van der Waals surface area contributed by atoms with E-state index in [1.807, 2.05) is 20.8 Å². The van der Waals surface area contributed by atoms with Gasteiger partial charge in [0.25, 0.3) is 0 Å². The third kappa shape index (κ3) is 4.56. The van der Waals surface area contributed by atoms with Crippen molar-refractivity contribution in [2.45, 2.75) is 57.8 Å². The molecule has 128 valence electrons. The van der Waals surface area contributed by atoms with Crippen LogP contribution < -0.4 is 10.2 Å².